The predicted molar refractivity (Wildman–Crippen MR) is 210 cm³/mol. The van der Waals surface area contributed by atoms with E-state index in [2.05, 4.69) is 68.5 Å². The molecule has 3 atom stereocenters. The van der Waals surface area contributed by atoms with Gasteiger partial charge in [0.25, 0.3) is 0 Å². The van der Waals surface area contributed by atoms with Crippen LogP contribution >= 0.6 is 7.82 Å². The van der Waals surface area contributed by atoms with Gasteiger partial charge in [0.15, 0.2) is 0 Å². The fraction of sp³-hybridized carbons (Fsp3) is 0.732. The lowest BCUT2D eigenvalue weighted by molar-refractivity contribution is -0.154. The van der Waals surface area contributed by atoms with Crippen LogP contribution in [0.5, 0.6) is 0 Å². The molecule has 0 heterocycles. The van der Waals surface area contributed by atoms with Gasteiger partial charge < -0.3 is 24.6 Å². The molecule has 10 heteroatoms. The largest absolute Gasteiger partial charge is 0.472 e. The number of ether oxygens (including phenoxy) is 2. The Morgan fingerprint density at radius 2 is 1.08 bits per heavy atom. The van der Waals surface area contributed by atoms with Crippen LogP contribution in [0.15, 0.2) is 60.8 Å². The molecule has 9 nitrogen and oxygen atoms in total. The number of esters is 1. The van der Waals surface area contributed by atoms with E-state index in [1.165, 1.54) is 70.6 Å². The summed E-state index contributed by atoms with van der Waals surface area (Å²) in [7, 11) is -4.53. The first-order chi connectivity index (χ1) is 24.8. The van der Waals surface area contributed by atoms with Gasteiger partial charge in [0, 0.05) is 6.42 Å². The van der Waals surface area contributed by atoms with Gasteiger partial charge in [-0.25, -0.2) is 4.57 Å². The number of rotatable bonds is 37. The van der Waals surface area contributed by atoms with Crippen LogP contribution in [0.4, 0.5) is 0 Å². The Bertz CT molecular complexity index is 976. The Hall–Kier alpha value is -1.84. The van der Waals surface area contributed by atoms with Gasteiger partial charge in [-0.05, 0) is 44.9 Å². The number of hydrogen-bond donors (Lipinski definition) is 3. The number of aliphatic hydroxyl groups is 2. The molecule has 3 unspecified atom stereocenters. The molecular formula is C41H73O9P. The monoisotopic (exact) mass is 740 g/mol. The summed E-state index contributed by atoms with van der Waals surface area (Å²) in [4.78, 5) is 22.5. The van der Waals surface area contributed by atoms with Crippen LogP contribution in [0.1, 0.15) is 149 Å². The molecule has 0 aromatic heterocycles. The van der Waals surface area contributed by atoms with Crippen molar-refractivity contribution in [2.24, 2.45) is 0 Å². The lowest BCUT2D eigenvalue weighted by Crippen LogP contribution is -2.29. The van der Waals surface area contributed by atoms with Crippen molar-refractivity contribution >= 4 is 13.8 Å². The maximum atomic E-state index is 12.6. The van der Waals surface area contributed by atoms with E-state index >= 15 is 0 Å². The van der Waals surface area contributed by atoms with E-state index < -0.39 is 45.8 Å². The number of unbranched alkanes of at least 4 members (excludes halogenated alkanes) is 13. The Morgan fingerprint density at radius 1 is 0.627 bits per heavy atom. The molecule has 3 N–H and O–H groups in total. The highest BCUT2D eigenvalue weighted by Gasteiger charge is 2.26. The van der Waals surface area contributed by atoms with Crippen LogP contribution in [0.3, 0.4) is 0 Å². The van der Waals surface area contributed by atoms with Gasteiger partial charge in [0.2, 0.25) is 0 Å². The normalized spacial score (nSPS) is 14.8. The molecule has 0 fully saturated rings. The molecule has 0 aromatic carbocycles. The quantitative estimate of drug-likeness (QED) is 0.0246. The molecule has 0 saturated carbocycles. The van der Waals surface area contributed by atoms with Gasteiger partial charge in [0.05, 0.1) is 33.0 Å². The average molecular weight is 741 g/mol. The van der Waals surface area contributed by atoms with Gasteiger partial charge in [-0.2, -0.15) is 0 Å². The number of hydrogen-bond acceptors (Lipinski definition) is 8. The predicted octanol–water partition coefficient (Wildman–Crippen LogP) is 10.4. The van der Waals surface area contributed by atoms with Crippen molar-refractivity contribution < 1.29 is 43.0 Å². The summed E-state index contributed by atoms with van der Waals surface area (Å²) in [5, 5.41) is 18.3. The zero-order valence-corrected chi connectivity index (χ0v) is 32.9. The molecule has 0 aliphatic carbocycles. The van der Waals surface area contributed by atoms with Crippen molar-refractivity contribution in [2.75, 3.05) is 33.0 Å². The summed E-state index contributed by atoms with van der Waals surface area (Å²) >= 11 is 0. The highest BCUT2D eigenvalue weighted by molar-refractivity contribution is 7.47. The molecule has 296 valence electrons. The molecular weight excluding hydrogens is 667 g/mol. The molecule has 0 bridgehead atoms. The number of phosphoric acid groups is 1. The minimum absolute atomic E-state index is 0.00550. The zero-order chi connectivity index (χ0) is 37.5. The van der Waals surface area contributed by atoms with Crippen LogP contribution in [0.25, 0.3) is 0 Å². The molecule has 51 heavy (non-hydrogen) atoms. The molecule has 0 aromatic rings. The Labute approximate surface area is 310 Å². The van der Waals surface area contributed by atoms with E-state index in [1.54, 1.807) is 0 Å². The molecule has 0 saturated heterocycles. The fourth-order valence-electron chi connectivity index (χ4n) is 5.01. The summed E-state index contributed by atoms with van der Waals surface area (Å²) in [6.07, 6.45) is 42.0. The van der Waals surface area contributed by atoms with Crippen molar-refractivity contribution in [1.82, 2.24) is 0 Å². The second kappa shape index (κ2) is 37.9. The number of allylic oxidation sites excluding steroid dienone is 9. The van der Waals surface area contributed by atoms with Crippen LogP contribution < -0.4 is 0 Å². The summed E-state index contributed by atoms with van der Waals surface area (Å²) in [6, 6.07) is 0. The van der Waals surface area contributed by atoms with E-state index in [-0.39, 0.29) is 13.0 Å². The molecule has 0 amide bonds. The standard InChI is InChI=1S/C41H73O9P/c1-3-5-7-9-11-13-15-17-19-20-22-24-26-28-30-32-34-47-37-40(38-49-51(45,46)48-36-39(43)35-42)50-41(44)33-31-29-27-25-23-21-18-16-14-12-10-8-6-4-2/h5,7,11,13,17,19,22,24,28,30,39-40,42-43H,3-4,6,8-10,12,14-16,18,20-21,23,25-27,29,31-38H2,1-2H3,(H,45,46)/b7-5-,13-11-,19-17-,24-22-,30-28-. The molecule has 0 rings (SSSR count). The Balaban J connectivity index is 4.35. The van der Waals surface area contributed by atoms with Crippen molar-refractivity contribution in [2.45, 2.75) is 161 Å². The van der Waals surface area contributed by atoms with Gasteiger partial charge >= 0.3 is 13.8 Å². The van der Waals surface area contributed by atoms with E-state index in [1.807, 2.05) is 6.08 Å². The van der Waals surface area contributed by atoms with Gasteiger partial charge in [0.1, 0.15) is 12.2 Å². The van der Waals surface area contributed by atoms with Gasteiger partial charge in [-0.15, -0.1) is 0 Å². The molecule has 0 aliphatic heterocycles. The van der Waals surface area contributed by atoms with Crippen LogP contribution in [-0.2, 0) is 27.9 Å². The average Bonchev–Trinajstić information content (AvgIpc) is 3.12. The second-order valence-corrected chi connectivity index (χ2v) is 14.4. The van der Waals surface area contributed by atoms with Crippen LogP contribution in [0.2, 0.25) is 0 Å². The first-order valence-corrected chi connectivity index (χ1v) is 21.3. The third-order valence-electron chi connectivity index (χ3n) is 7.99. The van der Waals surface area contributed by atoms with Crippen molar-refractivity contribution in [3.8, 4) is 0 Å². The summed E-state index contributed by atoms with van der Waals surface area (Å²) in [6.45, 7) is 3.16. The van der Waals surface area contributed by atoms with Crippen LogP contribution in [-0.4, -0.2) is 66.3 Å². The third kappa shape index (κ3) is 37.7. The summed E-state index contributed by atoms with van der Waals surface area (Å²) in [5.74, 6) is -0.409. The van der Waals surface area contributed by atoms with E-state index in [4.69, 9.17) is 23.6 Å². The summed E-state index contributed by atoms with van der Waals surface area (Å²) in [5.41, 5.74) is 0. The van der Waals surface area contributed by atoms with Gasteiger partial charge in [-0.3, -0.25) is 13.8 Å². The molecule has 0 aliphatic rings. The van der Waals surface area contributed by atoms with Crippen molar-refractivity contribution in [1.29, 1.82) is 0 Å². The summed E-state index contributed by atoms with van der Waals surface area (Å²) < 4.78 is 33.1. The fourth-order valence-corrected chi connectivity index (χ4v) is 5.80. The number of carbonyl (C=O) groups is 1. The lowest BCUT2D eigenvalue weighted by atomic mass is 10.0. The number of phosphoric ester groups is 1. The van der Waals surface area contributed by atoms with Crippen molar-refractivity contribution in [3.05, 3.63) is 60.8 Å². The first kappa shape index (κ1) is 49.2. The zero-order valence-electron chi connectivity index (χ0n) is 32.1. The van der Waals surface area contributed by atoms with Crippen LogP contribution in [0, 0.1) is 0 Å². The minimum atomic E-state index is -4.53. The highest BCUT2D eigenvalue weighted by atomic mass is 31.2. The molecule has 0 spiro atoms. The second-order valence-electron chi connectivity index (χ2n) is 12.9. The van der Waals surface area contributed by atoms with Crippen molar-refractivity contribution in [3.63, 3.8) is 0 Å². The van der Waals surface area contributed by atoms with E-state index in [0.717, 1.165) is 51.4 Å². The topological polar surface area (TPSA) is 132 Å². The van der Waals surface area contributed by atoms with E-state index in [0.29, 0.717) is 13.0 Å². The Morgan fingerprint density at radius 3 is 1.57 bits per heavy atom. The molecule has 0 radical (unpaired) electrons. The SMILES string of the molecule is CC/C=C\C/C=C\C/C=C\C/C=C\C/C=C\CCOCC(COP(=O)(O)OCC(O)CO)OC(=O)CCCCCCCCCCCCCCCC. The third-order valence-corrected chi connectivity index (χ3v) is 8.94. The number of carbonyl (C=O) groups excluding carboxylic acids is 1. The maximum absolute atomic E-state index is 12.6. The van der Waals surface area contributed by atoms with E-state index in [9.17, 15) is 19.4 Å². The first-order valence-electron chi connectivity index (χ1n) is 19.8. The maximum Gasteiger partial charge on any atom is 0.472 e. The lowest BCUT2D eigenvalue weighted by Gasteiger charge is -2.20. The Kier molecular flexibility index (Phi) is 36.5. The smallest absolute Gasteiger partial charge is 0.457 e. The number of aliphatic hydroxyl groups excluding tert-OH is 2. The highest BCUT2D eigenvalue weighted by Crippen LogP contribution is 2.43. The minimum Gasteiger partial charge on any atom is -0.457 e. The van der Waals surface area contributed by atoms with Gasteiger partial charge in [-0.1, -0.05) is 158 Å².